The van der Waals surface area contributed by atoms with Crippen LogP contribution in [0.15, 0.2) is 18.3 Å². The Kier molecular flexibility index (Phi) is 3.22. The SMILES string of the molecule is CCCc1cc(C(=O)Nc2ccn(C)n2)n[nH]1. The first-order valence-electron chi connectivity index (χ1n) is 5.54. The molecular weight excluding hydrogens is 218 g/mol. The predicted molar refractivity (Wildman–Crippen MR) is 63.7 cm³/mol. The highest BCUT2D eigenvalue weighted by molar-refractivity contribution is 6.02. The van der Waals surface area contributed by atoms with E-state index in [4.69, 9.17) is 0 Å². The van der Waals surface area contributed by atoms with E-state index in [0.717, 1.165) is 18.5 Å². The molecule has 2 N–H and O–H groups in total. The summed E-state index contributed by atoms with van der Waals surface area (Å²) in [6, 6.07) is 3.50. The molecule has 2 aromatic heterocycles. The van der Waals surface area contributed by atoms with Gasteiger partial charge in [-0.15, -0.1) is 0 Å². The third-order valence-electron chi connectivity index (χ3n) is 2.34. The second kappa shape index (κ2) is 4.82. The number of nitrogens with zero attached hydrogens (tertiary/aromatic N) is 3. The molecule has 0 bridgehead atoms. The number of H-pyrrole nitrogens is 1. The Hall–Kier alpha value is -2.11. The van der Waals surface area contributed by atoms with Crippen molar-refractivity contribution in [2.24, 2.45) is 7.05 Å². The second-order valence-corrected chi connectivity index (χ2v) is 3.86. The zero-order chi connectivity index (χ0) is 12.3. The normalized spacial score (nSPS) is 10.5. The number of aromatic amines is 1. The first kappa shape index (κ1) is 11.4. The Morgan fingerprint density at radius 2 is 2.41 bits per heavy atom. The van der Waals surface area contributed by atoms with Gasteiger partial charge in [0.2, 0.25) is 0 Å². The molecule has 0 aromatic carbocycles. The summed E-state index contributed by atoms with van der Waals surface area (Å²) in [5.74, 6) is 0.278. The van der Waals surface area contributed by atoms with Gasteiger partial charge in [-0.05, 0) is 12.5 Å². The van der Waals surface area contributed by atoms with Gasteiger partial charge in [-0.25, -0.2) is 0 Å². The van der Waals surface area contributed by atoms with Crippen LogP contribution in [0.5, 0.6) is 0 Å². The number of aromatic nitrogens is 4. The summed E-state index contributed by atoms with van der Waals surface area (Å²) in [6.07, 6.45) is 3.68. The van der Waals surface area contributed by atoms with Crippen molar-refractivity contribution in [1.82, 2.24) is 20.0 Å². The van der Waals surface area contributed by atoms with E-state index in [1.54, 1.807) is 30.1 Å². The molecule has 0 spiro atoms. The number of rotatable bonds is 4. The van der Waals surface area contributed by atoms with Gasteiger partial charge < -0.3 is 5.32 Å². The van der Waals surface area contributed by atoms with Gasteiger partial charge in [0.25, 0.3) is 5.91 Å². The quantitative estimate of drug-likeness (QED) is 0.836. The van der Waals surface area contributed by atoms with Crippen LogP contribution in [0.3, 0.4) is 0 Å². The molecule has 1 amide bonds. The van der Waals surface area contributed by atoms with Crippen LogP contribution >= 0.6 is 0 Å². The molecule has 2 rings (SSSR count). The maximum absolute atomic E-state index is 11.8. The van der Waals surface area contributed by atoms with Crippen LogP contribution in [0.2, 0.25) is 0 Å². The molecule has 17 heavy (non-hydrogen) atoms. The summed E-state index contributed by atoms with van der Waals surface area (Å²) < 4.78 is 1.63. The van der Waals surface area contributed by atoms with Gasteiger partial charge in [-0.3, -0.25) is 14.6 Å². The van der Waals surface area contributed by atoms with Crippen LogP contribution in [0, 0.1) is 0 Å². The van der Waals surface area contributed by atoms with Gasteiger partial charge in [0.15, 0.2) is 11.5 Å². The minimum atomic E-state index is -0.248. The monoisotopic (exact) mass is 233 g/mol. The summed E-state index contributed by atoms with van der Waals surface area (Å²) in [7, 11) is 1.80. The lowest BCUT2D eigenvalue weighted by Gasteiger charge is -1.97. The van der Waals surface area contributed by atoms with Crippen molar-refractivity contribution in [3.05, 3.63) is 29.7 Å². The number of hydrogen-bond donors (Lipinski definition) is 2. The van der Waals surface area contributed by atoms with E-state index in [-0.39, 0.29) is 5.91 Å². The van der Waals surface area contributed by atoms with E-state index in [2.05, 4.69) is 27.5 Å². The first-order chi connectivity index (χ1) is 8.19. The summed E-state index contributed by atoms with van der Waals surface area (Å²) in [4.78, 5) is 11.8. The maximum atomic E-state index is 11.8. The van der Waals surface area contributed by atoms with Gasteiger partial charge in [0, 0.05) is 25.0 Å². The highest BCUT2D eigenvalue weighted by Gasteiger charge is 2.11. The standard InChI is InChI=1S/C11H15N5O/c1-3-4-8-7-9(14-13-8)11(17)12-10-5-6-16(2)15-10/h5-7H,3-4H2,1-2H3,(H,13,14)(H,12,15,17). The number of anilines is 1. The minimum Gasteiger partial charge on any atom is -0.304 e. The smallest absolute Gasteiger partial charge is 0.277 e. The highest BCUT2D eigenvalue weighted by Crippen LogP contribution is 2.06. The Labute approximate surface area is 99.0 Å². The van der Waals surface area contributed by atoms with E-state index < -0.39 is 0 Å². The minimum absolute atomic E-state index is 0.248. The molecule has 0 saturated heterocycles. The Bertz CT molecular complexity index is 513. The number of carbonyl (C=O) groups excluding carboxylic acids is 1. The summed E-state index contributed by atoms with van der Waals surface area (Å²) in [6.45, 7) is 2.08. The molecule has 0 unspecified atom stereocenters. The Balaban J connectivity index is 2.03. The largest absolute Gasteiger partial charge is 0.304 e. The molecule has 0 fully saturated rings. The lowest BCUT2D eigenvalue weighted by Crippen LogP contribution is -2.13. The van der Waals surface area contributed by atoms with E-state index in [1.165, 1.54) is 0 Å². The van der Waals surface area contributed by atoms with E-state index in [1.807, 2.05) is 0 Å². The first-order valence-corrected chi connectivity index (χ1v) is 5.54. The third-order valence-corrected chi connectivity index (χ3v) is 2.34. The molecule has 0 aliphatic rings. The van der Waals surface area contributed by atoms with E-state index >= 15 is 0 Å². The lowest BCUT2D eigenvalue weighted by atomic mass is 10.2. The zero-order valence-electron chi connectivity index (χ0n) is 9.90. The van der Waals surface area contributed by atoms with Gasteiger partial charge in [-0.1, -0.05) is 13.3 Å². The fourth-order valence-corrected chi connectivity index (χ4v) is 1.54. The van der Waals surface area contributed by atoms with Crippen molar-refractivity contribution in [3.8, 4) is 0 Å². The lowest BCUT2D eigenvalue weighted by molar-refractivity contribution is 0.102. The second-order valence-electron chi connectivity index (χ2n) is 3.86. The maximum Gasteiger partial charge on any atom is 0.277 e. The van der Waals surface area contributed by atoms with Crippen molar-refractivity contribution < 1.29 is 4.79 Å². The third kappa shape index (κ3) is 2.72. The van der Waals surface area contributed by atoms with Crippen molar-refractivity contribution in [2.75, 3.05) is 5.32 Å². The Morgan fingerprint density at radius 1 is 1.59 bits per heavy atom. The molecule has 2 aromatic rings. The Morgan fingerprint density at radius 3 is 3.06 bits per heavy atom. The number of nitrogens with one attached hydrogen (secondary N) is 2. The fourth-order valence-electron chi connectivity index (χ4n) is 1.54. The average molecular weight is 233 g/mol. The molecule has 6 nitrogen and oxygen atoms in total. The van der Waals surface area contributed by atoms with Crippen LogP contribution in [0.25, 0.3) is 0 Å². The highest BCUT2D eigenvalue weighted by atomic mass is 16.2. The molecule has 90 valence electrons. The summed E-state index contributed by atoms with van der Waals surface area (Å²) in [5.41, 5.74) is 1.36. The van der Waals surface area contributed by atoms with Gasteiger partial charge in [0.05, 0.1) is 0 Å². The van der Waals surface area contributed by atoms with Crippen molar-refractivity contribution >= 4 is 11.7 Å². The van der Waals surface area contributed by atoms with E-state index in [9.17, 15) is 4.79 Å². The predicted octanol–water partition coefficient (Wildman–Crippen LogP) is 1.35. The molecule has 0 radical (unpaired) electrons. The van der Waals surface area contributed by atoms with Gasteiger partial charge in [-0.2, -0.15) is 10.2 Å². The van der Waals surface area contributed by atoms with Crippen molar-refractivity contribution in [3.63, 3.8) is 0 Å². The van der Waals surface area contributed by atoms with Crippen molar-refractivity contribution in [2.45, 2.75) is 19.8 Å². The molecule has 2 heterocycles. The van der Waals surface area contributed by atoms with Gasteiger partial charge in [0.1, 0.15) is 0 Å². The zero-order valence-corrected chi connectivity index (χ0v) is 9.90. The molecule has 0 aliphatic heterocycles. The van der Waals surface area contributed by atoms with Gasteiger partial charge >= 0.3 is 0 Å². The molecular formula is C11H15N5O. The molecule has 6 heteroatoms. The van der Waals surface area contributed by atoms with Crippen LogP contribution in [0.1, 0.15) is 29.5 Å². The van der Waals surface area contributed by atoms with Crippen LogP contribution in [0.4, 0.5) is 5.82 Å². The number of aryl methyl sites for hydroxylation is 2. The summed E-state index contributed by atoms with van der Waals surface area (Å²) in [5, 5.41) is 13.6. The topological polar surface area (TPSA) is 75.6 Å². The molecule has 0 aliphatic carbocycles. The van der Waals surface area contributed by atoms with Crippen LogP contribution in [-0.4, -0.2) is 25.9 Å². The van der Waals surface area contributed by atoms with Crippen LogP contribution in [-0.2, 0) is 13.5 Å². The van der Waals surface area contributed by atoms with Crippen LogP contribution < -0.4 is 5.32 Å². The van der Waals surface area contributed by atoms with E-state index in [0.29, 0.717) is 11.5 Å². The summed E-state index contributed by atoms with van der Waals surface area (Å²) >= 11 is 0. The fraction of sp³-hybridized carbons (Fsp3) is 0.364. The molecule has 0 saturated carbocycles. The number of hydrogen-bond acceptors (Lipinski definition) is 3. The molecule has 0 atom stereocenters. The number of amides is 1. The average Bonchev–Trinajstić information content (AvgIpc) is 2.88. The van der Waals surface area contributed by atoms with Crippen molar-refractivity contribution in [1.29, 1.82) is 0 Å². The number of carbonyl (C=O) groups is 1.